The highest BCUT2D eigenvalue weighted by atomic mass is 32.1. The van der Waals surface area contributed by atoms with Crippen LogP contribution >= 0.6 is 11.3 Å². The fraction of sp³-hybridized carbons (Fsp3) is 0.240. The summed E-state index contributed by atoms with van der Waals surface area (Å²) in [5.41, 5.74) is 2.99. The van der Waals surface area contributed by atoms with Gasteiger partial charge in [-0.25, -0.2) is 9.78 Å². The second kappa shape index (κ2) is 9.56. The molecule has 0 saturated carbocycles. The molecule has 0 fully saturated rings. The van der Waals surface area contributed by atoms with Crippen LogP contribution < -0.4 is 5.32 Å². The quantitative estimate of drug-likeness (QED) is 0.319. The van der Waals surface area contributed by atoms with Gasteiger partial charge in [-0.3, -0.25) is 14.3 Å². The highest BCUT2D eigenvalue weighted by molar-refractivity contribution is 7.14. The number of nitrogens with zero attached hydrogens (tertiary/aromatic N) is 3. The number of nitrogens with one attached hydrogen (secondary N) is 1. The molecule has 0 bridgehead atoms. The van der Waals surface area contributed by atoms with E-state index in [4.69, 9.17) is 9.72 Å². The van der Waals surface area contributed by atoms with Crippen molar-refractivity contribution >= 4 is 40.0 Å². The molecular weight excluding hydrogens is 452 g/mol. The predicted octanol–water partition coefficient (Wildman–Crippen LogP) is 4.07. The number of ether oxygens (including phenoxy) is 1. The van der Waals surface area contributed by atoms with Crippen LogP contribution in [-0.4, -0.2) is 38.5 Å². The first-order chi connectivity index (χ1) is 16.2. The minimum Gasteiger partial charge on any atom is -0.451 e. The Kier molecular flexibility index (Phi) is 6.56. The minimum absolute atomic E-state index is 0.146. The van der Waals surface area contributed by atoms with Gasteiger partial charge in [0.05, 0.1) is 33.8 Å². The number of aromatic nitrogens is 3. The van der Waals surface area contributed by atoms with Crippen molar-refractivity contribution in [3.63, 3.8) is 0 Å². The van der Waals surface area contributed by atoms with Gasteiger partial charge in [-0.1, -0.05) is 30.3 Å². The van der Waals surface area contributed by atoms with Gasteiger partial charge in [0, 0.05) is 24.4 Å². The molecule has 0 radical (unpaired) electrons. The molecule has 4 aromatic rings. The molecular formula is C25H24N4O4S. The van der Waals surface area contributed by atoms with E-state index in [-0.39, 0.29) is 11.7 Å². The number of carbonyl (C=O) groups is 3. The maximum Gasteiger partial charge on any atom is 0.339 e. The molecule has 0 saturated heterocycles. The van der Waals surface area contributed by atoms with Gasteiger partial charge in [-0.2, -0.15) is 5.10 Å². The van der Waals surface area contributed by atoms with Crippen molar-refractivity contribution in [1.82, 2.24) is 20.1 Å². The predicted molar refractivity (Wildman–Crippen MR) is 130 cm³/mol. The summed E-state index contributed by atoms with van der Waals surface area (Å²) in [5.74, 6) is -1.06. The van der Waals surface area contributed by atoms with E-state index >= 15 is 0 Å². The number of pyridine rings is 1. The molecule has 1 aromatic carbocycles. The number of carbonyl (C=O) groups excluding carboxylic acids is 3. The number of aryl methyl sites for hydroxylation is 2. The lowest BCUT2D eigenvalue weighted by Crippen LogP contribution is -2.24. The lowest BCUT2D eigenvalue weighted by molar-refractivity contribution is -0.119. The SMILES string of the molecule is CC(=O)NCc1ccc(C(=O)C(C)OC(=O)c2cc(-c3ccccc3)nc3c2c(C)nn3C)s1. The van der Waals surface area contributed by atoms with Gasteiger partial charge < -0.3 is 10.1 Å². The van der Waals surface area contributed by atoms with Gasteiger partial charge in [0.25, 0.3) is 0 Å². The van der Waals surface area contributed by atoms with E-state index < -0.39 is 12.1 Å². The molecule has 8 nitrogen and oxygen atoms in total. The number of ketones is 1. The summed E-state index contributed by atoms with van der Waals surface area (Å²) < 4.78 is 7.24. The smallest absolute Gasteiger partial charge is 0.339 e. The van der Waals surface area contributed by atoms with Crippen molar-refractivity contribution in [2.75, 3.05) is 0 Å². The average molecular weight is 477 g/mol. The molecule has 3 aromatic heterocycles. The third kappa shape index (κ3) is 4.74. The lowest BCUT2D eigenvalue weighted by Gasteiger charge is -2.13. The first kappa shape index (κ1) is 23.3. The maximum atomic E-state index is 13.2. The van der Waals surface area contributed by atoms with Crippen LogP contribution in [0.3, 0.4) is 0 Å². The Morgan fingerprint density at radius 3 is 2.59 bits per heavy atom. The van der Waals surface area contributed by atoms with Crippen molar-refractivity contribution in [2.24, 2.45) is 7.05 Å². The summed E-state index contributed by atoms with van der Waals surface area (Å²) in [4.78, 5) is 43.3. The Bertz CT molecular complexity index is 1390. The van der Waals surface area contributed by atoms with Crippen LogP contribution in [0.2, 0.25) is 0 Å². The third-order valence-corrected chi connectivity index (χ3v) is 6.43. The Labute approximate surface area is 200 Å². The zero-order valence-corrected chi connectivity index (χ0v) is 20.1. The Morgan fingerprint density at radius 2 is 1.88 bits per heavy atom. The summed E-state index contributed by atoms with van der Waals surface area (Å²) in [6.07, 6.45) is -0.986. The topological polar surface area (TPSA) is 103 Å². The zero-order chi connectivity index (χ0) is 24.4. The Hall–Kier alpha value is -3.85. The second-order valence-electron chi connectivity index (χ2n) is 7.92. The number of thiophene rings is 1. The molecule has 0 spiro atoms. The number of fused-ring (bicyclic) bond motifs is 1. The van der Waals surface area contributed by atoms with E-state index in [0.717, 1.165) is 10.4 Å². The number of hydrogen-bond acceptors (Lipinski definition) is 7. The summed E-state index contributed by atoms with van der Waals surface area (Å²) in [5, 5.41) is 7.71. The molecule has 1 atom stereocenters. The van der Waals surface area contributed by atoms with Crippen LogP contribution in [0.25, 0.3) is 22.3 Å². The highest BCUT2D eigenvalue weighted by Gasteiger charge is 2.25. The molecule has 1 amide bonds. The normalized spacial score (nSPS) is 11.9. The fourth-order valence-electron chi connectivity index (χ4n) is 3.66. The van der Waals surface area contributed by atoms with Crippen molar-refractivity contribution in [2.45, 2.75) is 33.4 Å². The Balaban J connectivity index is 1.61. The molecule has 1 unspecified atom stereocenters. The van der Waals surface area contributed by atoms with Crippen molar-refractivity contribution in [3.05, 3.63) is 69.5 Å². The monoisotopic (exact) mass is 476 g/mol. The zero-order valence-electron chi connectivity index (χ0n) is 19.3. The minimum atomic E-state index is -0.986. The number of Topliss-reactive ketones (excluding diaryl/α,β-unsaturated/α-hetero) is 1. The lowest BCUT2D eigenvalue weighted by atomic mass is 10.1. The first-order valence-corrected chi connectivity index (χ1v) is 11.5. The van der Waals surface area contributed by atoms with E-state index in [0.29, 0.717) is 39.4 Å². The molecule has 3 heterocycles. The van der Waals surface area contributed by atoms with Crippen LogP contribution in [0.4, 0.5) is 0 Å². The number of benzene rings is 1. The fourth-order valence-corrected chi connectivity index (χ4v) is 4.62. The van der Waals surface area contributed by atoms with E-state index in [1.165, 1.54) is 18.3 Å². The number of rotatable bonds is 7. The molecule has 1 N–H and O–H groups in total. The van der Waals surface area contributed by atoms with Gasteiger partial charge in [0.15, 0.2) is 11.8 Å². The van der Waals surface area contributed by atoms with Crippen molar-refractivity contribution < 1.29 is 19.1 Å². The number of esters is 1. The first-order valence-electron chi connectivity index (χ1n) is 10.7. The van der Waals surface area contributed by atoms with Crippen molar-refractivity contribution in [3.8, 4) is 11.3 Å². The highest BCUT2D eigenvalue weighted by Crippen LogP contribution is 2.28. The summed E-state index contributed by atoms with van der Waals surface area (Å²) in [6.45, 7) is 5.14. The van der Waals surface area contributed by atoms with E-state index in [1.54, 1.807) is 43.8 Å². The Morgan fingerprint density at radius 1 is 1.15 bits per heavy atom. The van der Waals surface area contributed by atoms with Crippen LogP contribution in [0, 0.1) is 6.92 Å². The van der Waals surface area contributed by atoms with Gasteiger partial charge >= 0.3 is 5.97 Å². The van der Waals surface area contributed by atoms with Gasteiger partial charge in [0.1, 0.15) is 0 Å². The molecule has 0 aliphatic rings. The summed E-state index contributed by atoms with van der Waals surface area (Å²) in [6, 6.07) is 14.7. The largest absolute Gasteiger partial charge is 0.451 e. The maximum absolute atomic E-state index is 13.2. The molecule has 4 rings (SSSR count). The number of amides is 1. The van der Waals surface area contributed by atoms with Crippen LogP contribution in [-0.2, 0) is 23.1 Å². The van der Waals surface area contributed by atoms with Crippen LogP contribution in [0.1, 0.15) is 44.4 Å². The third-order valence-electron chi connectivity index (χ3n) is 5.33. The second-order valence-corrected chi connectivity index (χ2v) is 9.08. The molecule has 0 aliphatic heterocycles. The van der Waals surface area contributed by atoms with Crippen LogP contribution in [0.5, 0.6) is 0 Å². The standard InChI is InChI=1S/C25H24N4O4S/c1-14-22-19(12-20(17-8-6-5-7-9-17)27-24(22)29(4)28-14)25(32)33-15(2)23(31)21-11-10-18(34-21)13-26-16(3)30/h5-12,15H,13H2,1-4H3,(H,26,30). The van der Waals surface area contributed by atoms with Gasteiger partial charge in [-0.05, 0) is 32.0 Å². The molecule has 0 aliphatic carbocycles. The molecule has 34 heavy (non-hydrogen) atoms. The average Bonchev–Trinajstić information content (AvgIpc) is 3.41. The summed E-state index contributed by atoms with van der Waals surface area (Å²) in [7, 11) is 1.77. The van der Waals surface area contributed by atoms with Crippen molar-refractivity contribution in [1.29, 1.82) is 0 Å². The molecule has 174 valence electrons. The molecule has 9 heteroatoms. The van der Waals surface area contributed by atoms with E-state index in [2.05, 4.69) is 10.4 Å². The van der Waals surface area contributed by atoms with E-state index in [9.17, 15) is 14.4 Å². The summed E-state index contributed by atoms with van der Waals surface area (Å²) >= 11 is 1.26. The van der Waals surface area contributed by atoms with Gasteiger partial charge in [-0.15, -0.1) is 11.3 Å². The van der Waals surface area contributed by atoms with Gasteiger partial charge in [0.2, 0.25) is 11.7 Å². The number of hydrogen-bond donors (Lipinski definition) is 1. The van der Waals surface area contributed by atoms with E-state index in [1.807, 2.05) is 30.3 Å². The van der Waals surface area contributed by atoms with Crippen LogP contribution in [0.15, 0.2) is 48.5 Å².